The fraction of sp³-hybridized carbons (Fsp3) is 0.533. The van der Waals surface area contributed by atoms with Crippen molar-refractivity contribution < 1.29 is 9.53 Å². The first kappa shape index (κ1) is 15.5. The third kappa shape index (κ3) is 7.47. The first-order valence-corrected chi connectivity index (χ1v) is 6.77. The van der Waals surface area contributed by atoms with Crippen molar-refractivity contribution in [2.24, 2.45) is 5.92 Å². The van der Waals surface area contributed by atoms with E-state index in [0.717, 1.165) is 24.3 Å². The molecule has 1 aromatic rings. The predicted molar refractivity (Wildman–Crippen MR) is 77.8 cm³/mol. The van der Waals surface area contributed by atoms with Gasteiger partial charge in [-0.1, -0.05) is 26.0 Å². The van der Waals surface area contributed by atoms with E-state index < -0.39 is 0 Å². The second kappa shape index (κ2) is 8.53. The topological polar surface area (TPSA) is 64.3 Å². The van der Waals surface area contributed by atoms with Crippen LogP contribution in [0, 0.1) is 5.92 Å². The second-order valence-electron chi connectivity index (χ2n) is 5.06. The normalized spacial score (nSPS) is 10.7. The molecule has 19 heavy (non-hydrogen) atoms. The highest BCUT2D eigenvalue weighted by Crippen LogP contribution is 2.07. The van der Waals surface area contributed by atoms with Crippen LogP contribution in [0.2, 0.25) is 0 Å². The van der Waals surface area contributed by atoms with Crippen molar-refractivity contribution in [2.45, 2.75) is 26.7 Å². The van der Waals surface area contributed by atoms with Gasteiger partial charge in [0, 0.05) is 25.3 Å². The number of carbonyl (C=O) groups excluding carboxylic acids is 1. The van der Waals surface area contributed by atoms with Gasteiger partial charge in [0.05, 0.1) is 6.61 Å². The first-order valence-electron chi connectivity index (χ1n) is 6.77. The minimum Gasteiger partial charge on any atom is -0.399 e. The molecular formula is C15H24N2O2. The lowest BCUT2D eigenvalue weighted by Crippen LogP contribution is -2.27. The van der Waals surface area contributed by atoms with Gasteiger partial charge in [0.25, 0.3) is 0 Å². The summed E-state index contributed by atoms with van der Waals surface area (Å²) in [5, 5.41) is 2.85. The number of nitrogens with two attached hydrogens (primary N) is 1. The zero-order valence-corrected chi connectivity index (χ0v) is 11.8. The highest BCUT2D eigenvalue weighted by Gasteiger charge is 2.02. The van der Waals surface area contributed by atoms with E-state index in [1.54, 1.807) is 0 Å². The van der Waals surface area contributed by atoms with Gasteiger partial charge >= 0.3 is 0 Å². The summed E-state index contributed by atoms with van der Waals surface area (Å²) in [5.74, 6) is 0.589. The van der Waals surface area contributed by atoms with Gasteiger partial charge in [-0.05, 0) is 30.0 Å². The van der Waals surface area contributed by atoms with Gasteiger partial charge in [0.2, 0.25) is 5.91 Å². The maximum atomic E-state index is 11.6. The second-order valence-corrected chi connectivity index (χ2v) is 5.06. The fourth-order valence-corrected chi connectivity index (χ4v) is 1.61. The van der Waals surface area contributed by atoms with Crippen LogP contribution in [0.3, 0.4) is 0 Å². The number of ether oxygens (including phenoxy) is 1. The van der Waals surface area contributed by atoms with Crippen LogP contribution in [-0.2, 0) is 16.0 Å². The zero-order valence-electron chi connectivity index (χ0n) is 11.8. The molecule has 0 atom stereocenters. The van der Waals surface area contributed by atoms with Crippen molar-refractivity contribution in [3.8, 4) is 0 Å². The first-order chi connectivity index (χ1) is 9.08. The van der Waals surface area contributed by atoms with E-state index in [1.807, 2.05) is 24.3 Å². The Morgan fingerprint density at radius 3 is 2.63 bits per heavy atom. The Hall–Kier alpha value is -1.55. The molecule has 0 fully saturated rings. The third-order valence-electron chi connectivity index (χ3n) is 2.64. The molecule has 4 heteroatoms. The van der Waals surface area contributed by atoms with E-state index in [-0.39, 0.29) is 5.91 Å². The number of benzene rings is 1. The molecule has 3 N–H and O–H groups in total. The average molecular weight is 264 g/mol. The lowest BCUT2D eigenvalue weighted by molar-refractivity contribution is -0.121. The summed E-state index contributed by atoms with van der Waals surface area (Å²) in [6.07, 6.45) is 1.23. The molecule has 0 saturated carbocycles. The van der Waals surface area contributed by atoms with Gasteiger partial charge in [0.1, 0.15) is 0 Å². The molecule has 4 nitrogen and oxygen atoms in total. The van der Waals surface area contributed by atoms with Crippen molar-refractivity contribution >= 4 is 11.6 Å². The Kier molecular flexibility index (Phi) is 6.97. The lowest BCUT2D eigenvalue weighted by Gasteiger charge is -2.08. The van der Waals surface area contributed by atoms with Crippen LogP contribution in [0.1, 0.15) is 25.8 Å². The van der Waals surface area contributed by atoms with Gasteiger partial charge in [-0.25, -0.2) is 0 Å². The summed E-state index contributed by atoms with van der Waals surface area (Å²) in [4.78, 5) is 11.6. The number of nitrogen functional groups attached to an aromatic ring is 1. The van der Waals surface area contributed by atoms with Crippen LogP contribution >= 0.6 is 0 Å². The predicted octanol–water partition coefficient (Wildman–Crippen LogP) is 1.99. The number of anilines is 1. The Balaban J connectivity index is 2.09. The highest BCUT2D eigenvalue weighted by molar-refractivity contribution is 5.76. The molecule has 0 saturated heterocycles. The van der Waals surface area contributed by atoms with Crippen LogP contribution < -0.4 is 11.1 Å². The van der Waals surface area contributed by atoms with Crippen molar-refractivity contribution in [1.29, 1.82) is 0 Å². The average Bonchev–Trinajstić information content (AvgIpc) is 2.37. The molecule has 0 radical (unpaired) electrons. The minimum atomic E-state index is 0.0602. The molecular weight excluding hydrogens is 240 g/mol. The number of rotatable bonds is 8. The van der Waals surface area contributed by atoms with Crippen LogP contribution in [0.4, 0.5) is 5.69 Å². The Bertz CT molecular complexity index is 374. The number of carbonyl (C=O) groups is 1. The summed E-state index contributed by atoms with van der Waals surface area (Å²) < 4.78 is 5.39. The number of aryl methyl sites for hydroxylation is 1. The van der Waals surface area contributed by atoms with Gasteiger partial charge in [-0.2, -0.15) is 0 Å². The molecule has 0 aliphatic rings. The number of hydrogen-bond acceptors (Lipinski definition) is 3. The molecule has 1 amide bonds. The lowest BCUT2D eigenvalue weighted by atomic mass is 10.1. The molecule has 106 valence electrons. The van der Waals surface area contributed by atoms with E-state index in [9.17, 15) is 4.79 Å². The number of hydrogen-bond donors (Lipinski definition) is 2. The standard InChI is InChI=1S/C15H24N2O2/c1-12(2)11-19-10-9-17-15(18)8-5-13-3-6-14(16)7-4-13/h3-4,6-7,12H,5,8-11,16H2,1-2H3,(H,17,18). The van der Waals surface area contributed by atoms with E-state index >= 15 is 0 Å². The Labute approximate surface area is 115 Å². The third-order valence-corrected chi connectivity index (χ3v) is 2.64. The summed E-state index contributed by atoms with van der Waals surface area (Å²) in [6, 6.07) is 7.61. The largest absolute Gasteiger partial charge is 0.399 e. The maximum absolute atomic E-state index is 11.6. The SMILES string of the molecule is CC(C)COCCNC(=O)CCc1ccc(N)cc1. The highest BCUT2D eigenvalue weighted by atomic mass is 16.5. The Morgan fingerprint density at radius 2 is 2.00 bits per heavy atom. The zero-order chi connectivity index (χ0) is 14.1. The van der Waals surface area contributed by atoms with Crippen molar-refractivity contribution in [2.75, 3.05) is 25.5 Å². The number of amides is 1. The van der Waals surface area contributed by atoms with Gasteiger partial charge < -0.3 is 15.8 Å². The quantitative estimate of drug-likeness (QED) is 0.557. The van der Waals surface area contributed by atoms with Crippen LogP contribution in [0.15, 0.2) is 24.3 Å². The maximum Gasteiger partial charge on any atom is 0.220 e. The van der Waals surface area contributed by atoms with Crippen molar-refractivity contribution in [3.05, 3.63) is 29.8 Å². The molecule has 0 spiro atoms. The van der Waals surface area contributed by atoms with E-state index in [0.29, 0.717) is 25.5 Å². The Morgan fingerprint density at radius 1 is 1.32 bits per heavy atom. The summed E-state index contributed by atoms with van der Waals surface area (Å²) in [7, 11) is 0. The van der Waals surface area contributed by atoms with Gasteiger partial charge in [-0.3, -0.25) is 4.79 Å². The smallest absolute Gasteiger partial charge is 0.220 e. The summed E-state index contributed by atoms with van der Waals surface area (Å²) >= 11 is 0. The van der Waals surface area contributed by atoms with E-state index in [4.69, 9.17) is 10.5 Å². The minimum absolute atomic E-state index is 0.0602. The summed E-state index contributed by atoms with van der Waals surface area (Å²) in [5.41, 5.74) is 7.48. The molecule has 0 heterocycles. The van der Waals surface area contributed by atoms with Crippen molar-refractivity contribution in [1.82, 2.24) is 5.32 Å². The van der Waals surface area contributed by atoms with Gasteiger partial charge in [0.15, 0.2) is 0 Å². The molecule has 0 aromatic heterocycles. The van der Waals surface area contributed by atoms with Crippen LogP contribution in [-0.4, -0.2) is 25.7 Å². The monoisotopic (exact) mass is 264 g/mol. The van der Waals surface area contributed by atoms with E-state index in [2.05, 4.69) is 19.2 Å². The molecule has 0 bridgehead atoms. The molecule has 1 aromatic carbocycles. The molecule has 0 aliphatic carbocycles. The fourth-order valence-electron chi connectivity index (χ4n) is 1.61. The number of nitrogens with one attached hydrogen (secondary N) is 1. The summed E-state index contributed by atoms with van der Waals surface area (Å²) in [6.45, 7) is 6.09. The van der Waals surface area contributed by atoms with Gasteiger partial charge in [-0.15, -0.1) is 0 Å². The molecule has 1 rings (SSSR count). The molecule has 0 aliphatic heterocycles. The molecule has 0 unspecified atom stereocenters. The van der Waals surface area contributed by atoms with Crippen LogP contribution in [0.5, 0.6) is 0 Å². The van der Waals surface area contributed by atoms with Crippen LogP contribution in [0.25, 0.3) is 0 Å². The van der Waals surface area contributed by atoms with E-state index in [1.165, 1.54) is 0 Å². The van der Waals surface area contributed by atoms with Crippen molar-refractivity contribution in [3.63, 3.8) is 0 Å².